The molecule has 39 heavy (non-hydrogen) atoms. The maximum absolute atomic E-state index is 14.1. The Morgan fingerprint density at radius 1 is 1.00 bits per heavy atom. The molecule has 1 aliphatic heterocycles. The fraction of sp³-hybridized carbons (Fsp3) is 0.828. The van der Waals surface area contributed by atoms with E-state index in [1.165, 1.54) is 0 Å². The first-order valence-electron chi connectivity index (χ1n) is 14.3. The largest absolute Gasteiger partial charge is 0.444 e. The lowest BCUT2D eigenvalue weighted by molar-refractivity contribution is -0.143. The Labute approximate surface area is 232 Å². The highest BCUT2D eigenvalue weighted by Gasteiger charge is 2.63. The average Bonchev–Trinajstić information content (AvgIpc) is 3.32. The third-order valence-electron chi connectivity index (χ3n) is 8.55. The molecule has 0 aromatic heterocycles. The number of rotatable bonds is 9. The summed E-state index contributed by atoms with van der Waals surface area (Å²) in [6.07, 6.45) is 3.97. The summed E-state index contributed by atoms with van der Waals surface area (Å²) in [5.41, 5.74) is 3.71. The molecule has 1 saturated heterocycles. The highest BCUT2D eigenvalue weighted by molar-refractivity contribution is 6.37. The van der Waals surface area contributed by atoms with Crippen molar-refractivity contribution >= 4 is 29.6 Å². The third kappa shape index (κ3) is 7.31. The van der Waals surface area contributed by atoms with E-state index < -0.39 is 52.8 Å². The summed E-state index contributed by atoms with van der Waals surface area (Å²) in [6.45, 7) is 15.5. The van der Waals surface area contributed by atoms with Crippen molar-refractivity contribution < 1.29 is 28.7 Å². The monoisotopic (exact) mass is 548 g/mol. The molecule has 3 fully saturated rings. The number of ketones is 1. The van der Waals surface area contributed by atoms with Crippen molar-refractivity contribution in [1.82, 2.24) is 15.5 Å². The fourth-order valence-corrected chi connectivity index (χ4v) is 6.19. The van der Waals surface area contributed by atoms with Gasteiger partial charge >= 0.3 is 6.09 Å². The van der Waals surface area contributed by atoms with Crippen molar-refractivity contribution in [2.24, 2.45) is 34.3 Å². The Balaban J connectivity index is 1.87. The Kier molecular flexibility index (Phi) is 8.78. The van der Waals surface area contributed by atoms with E-state index in [0.29, 0.717) is 31.2 Å². The van der Waals surface area contributed by atoms with E-state index in [2.05, 4.69) is 24.5 Å². The van der Waals surface area contributed by atoms with Gasteiger partial charge in [0.25, 0.3) is 5.91 Å². The molecule has 1 spiro atoms. The molecule has 3 rings (SSSR count). The smallest absolute Gasteiger partial charge is 0.408 e. The Morgan fingerprint density at radius 2 is 1.62 bits per heavy atom. The second kappa shape index (κ2) is 11.1. The van der Waals surface area contributed by atoms with Gasteiger partial charge in [-0.15, -0.1) is 0 Å². The van der Waals surface area contributed by atoms with Crippen LogP contribution in [0.1, 0.15) is 93.9 Å². The minimum atomic E-state index is -1.08. The summed E-state index contributed by atoms with van der Waals surface area (Å²) in [5, 5.41) is 5.54. The number of amides is 4. The zero-order valence-corrected chi connectivity index (χ0v) is 24.9. The number of hydrogen-bond acceptors (Lipinski definition) is 6. The number of carbonyl (C=O) groups excluding carboxylic acids is 5. The highest BCUT2D eigenvalue weighted by atomic mass is 16.6. The topological polar surface area (TPSA) is 148 Å². The first-order valence-corrected chi connectivity index (χ1v) is 14.3. The van der Waals surface area contributed by atoms with Crippen molar-refractivity contribution in [3.8, 4) is 0 Å². The maximum Gasteiger partial charge on any atom is 0.408 e. The number of carbonyl (C=O) groups is 5. The van der Waals surface area contributed by atoms with E-state index >= 15 is 0 Å². The Morgan fingerprint density at radius 3 is 2.05 bits per heavy atom. The second-order valence-electron chi connectivity index (χ2n) is 14.4. The van der Waals surface area contributed by atoms with Gasteiger partial charge in [-0.1, -0.05) is 53.9 Å². The van der Waals surface area contributed by atoms with Crippen LogP contribution in [0.3, 0.4) is 0 Å². The molecule has 220 valence electrons. The summed E-state index contributed by atoms with van der Waals surface area (Å²) in [6, 6.07) is -2.77. The lowest BCUT2D eigenvalue weighted by atomic mass is 9.80. The Hall–Kier alpha value is -2.65. The van der Waals surface area contributed by atoms with Crippen LogP contribution in [0.15, 0.2) is 0 Å². The van der Waals surface area contributed by atoms with E-state index in [0.717, 1.165) is 25.7 Å². The van der Waals surface area contributed by atoms with Crippen molar-refractivity contribution in [2.45, 2.75) is 118 Å². The summed E-state index contributed by atoms with van der Waals surface area (Å²) in [5.74, 6) is -1.70. The molecule has 10 heteroatoms. The molecule has 4 amide bonds. The van der Waals surface area contributed by atoms with Gasteiger partial charge in [0.2, 0.25) is 17.6 Å². The number of alkyl carbamates (subject to hydrolysis) is 1. The minimum Gasteiger partial charge on any atom is -0.444 e. The van der Waals surface area contributed by atoms with Crippen LogP contribution in [0.5, 0.6) is 0 Å². The molecular formula is C29H48N4O6. The van der Waals surface area contributed by atoms with Crippen LogP contribution in [0.4, 0.5) is 4.79 Å². The molecule has 5 atom stereocenters. The molecule has 3 aliphatic rings. The molecule has 0 aromatic rings. The van der Waals surface area contributed by atoms with Crippen LogP contribution in [0.2, 0.25) is 0 Å². The van der Waals surface area contributed by atoms with Crippen LogP contribution in [0, 0.1) is 28.6 Å². The number of hydrogen-bond donors (Lipinski definition) is 3. The first kappa shape index (κ1) is 30.9. The van der Waals surface area contributed by atoms with Crippen molar-refractivity contribution in [3.63, 3.8) is 0 Å². The molecule has 0 bridgehead atoms. The molecule has 0 radical (unpaired) electrons. The summed E-state index contributed by atoms with van der Waals surface area (Å²) < 4.78 is 5.43. The molecule has 10 nitrogen and oxygen atoms in total. The standard InChI is InChI=1S/C29H48N4O6/c1-16(2)18-13-29(18)14-20(24(36)31-19(21(34)23(30)35)12-17-10-9-11-17)33(15-29)25(37)22(27(3,4)5)32-26(38)39-28(6,7)8/h16-20,22H,9-15H2,1-8H3,(H2,30,35)(H,31,36)(H,32,38)/t18-,19?,20-,22+,29-/m0/s1. The number of likely N-dealkylation sites (tertiary alicyclic amines) is 1. The van der Waals surface area contributed by atoms with Gasteiger partial charge in [-0.05, 0) is 68.6 Å². The predicted molar refractivity (Wildman–Crippen MR) is 146 cm³/mol. The van der Waals surface area contributed by atoms with Crippen LogP contribution in [0.25, 0.3) is 0 Å². The zero-order chi connectivity index (χ0) is 29.5. The fourth-order valence-electron chi connectivity index (χ4n) is 6.19. The minimum absolute atomic E-state index is 0.183. The van der Waals surface area contributed by atoms with E-state index in [1.54, 1.807) is 25.7 Å². The molecule has 4 N–H and O–H groups in total. The van der Waals surface area contributed by atoms with Crippen molar-refractivity contribution in [2.75, 3.05) is 6.54 Å². The Bertz CT molecular complexity index is 993. The quantitative estimate of drug-likeness (QED) is 0.377. The summed E-state index contributed by atoms with van der Waals surface area (Å²) in [4.78, 5) is 66.4. The maximum atomic E-state index is 14.1. The lowest BCUT2D eigenvalue weighted by Crippen LogP contribution is -2.59. The molecule has 1 heterocycles. The van der Waals surface area contributed by atoms with E-state index in [-0.39, 0.29) is 17.2 Å². The normalized spacial score (nSPS) is 26.5. The summed E-state index contributed by atoms with van der Waals surface area (Å²) in [7, 11) is 0. The van der Waals surface area contributed by atoms with E-state index in [4.69, 9.17) is 10.5 Å². The van der Waals surface area contributed by atoms with Gasteiger partial charge in [0.05, 0.1) is 6.04 Å². The van der Waals surface area contributed by atoms with Crippen molar-refractivity contribution in [3.05, 3.63) is 0 Å². The van der Waals surface area contributed by atoms with E-state index in [1.807, 2.05) is 20.8 Å². The van der Waals surface area contributed by atoms with E-state index in [9.17, 15) is 24.0 Å². The lowest BCUT2D eigenvalue weighted by Gasteiger charge is -2.36. The third-order valence-corrected chi connectivity index (χ3v) is 8.55. The first-order chi connectivity index (χ1) is 17.8. The predicted octanol–water partition coefficient (Wildman–Crippen LogP) is 2.92. The van der Waals surface area contributed by atoms with Crippen LogP contribution < -0.4 is 16.4 Å². The van der Waals surface area contributed by atoms with Gasteiger partial charge in [0, 0.05) is 6.54 Å². The van der Waals surface area contributed by atoms with Gasteiger partial charge in [-0.2, -0.15) is 0 Å². The molecule has 2 saturated carbocycles. The highest BCUT2D eigenvalue weighted by Crippen LogP contribution is 2.63. The number of Topliss-reactive ketones (excluding diaryl/α,β-unsaturated/α-hetero) is 1. The van der Waals surface area contributed by atoms with Crippen LogP contribution in [-0.2, 0) is 23.9 Å². The number of primary amides is 1. The summed E-state index contributed by atoms with van der Waals surface area (Å²) >= 11 is 0. The van der Waals surface area contributed by atoms with Gasteiger partial charge < -0.3 is 26.0 Å². The zero-order valence-electron chi connectivity index (χ0n) is 24.9. The van der Waals surface area contributed by atoms with Gasteiger partial charge in [-0.25, -0.2) is 4.79 Å². The number of nitrogens with zero attached hydrogens (tertiary/aromatic N) is 1. The molecule has 2 aliphatic carbocycles. The van der Waals surface area contributed by atoms with Crippen LogP contribution in [-0.4, -0.2) is 64.8 Å². The van der Waals surface area contributed by atoms with Gasteiger partial charge in [-0.3, -0.25) is 19.2 Å². The van der Waals surface area contributed by atoms with Crippen LogP contribution >= 0.6 is 0 Å². The average molecular weight is 549 g/mol. The number of nitrogens with two attached hydrogens (primary N) is 1. The molecule has 0 aromatic carbocycles. The van der Waals surface area contributed by atoms with Gasteiger partial charge in [0.1, 0.15) is 17.7 Å². The molecule has 1 unspecified atom stereocenters. The SMILES string of the molecule is CC(C)[C@@H]1C[C@@]12C[C@@H](C(=O)NC(CC1CCC1)C(=O)C(N)=O)N(C(=O)[C@@H](NC(=O)OC(C)(C)C)C(C)(C)C)C2. The number of nitrogens with one attached hydrogen (secondary N) is 2. The number of ether oxygens (including phenoxy) is 1. The second-order valence-corrected chi connectivity index (χ2v) is 14.4. The molecular weight excluding hydrogens is 500 g/mol. The van der Waals surface area contributed by atoms with Crippen molar-refractivity contribution in [1.29, 1.82) is 0 Å². The van der Waals surface area contributed by atoms with Gasteiger partial charge in [0.15, 0.2) is 0 Å².